The third-order valence-corrected chi connectivity index (χ3v) is 7.15. The molecule has 0 spiro atoms. The molecule has 8 nitrogen and oxygen atoms in total. The molecular formula is C25H34ClN3O5S. The molecular weight excluding hydrogens is 490 g/mol. The van der Waals surface area contributed by atoms with Crippen molar-refractivity contribution in [2.75, 3.05) is 31.3 Å². The quantitative estimate of drug-likeness (QED) is 0.457. The number of sulfonamides is 1. The second kappa shape index (κ2) is 12.8. The Morgan fingerprint density at radius 3 is 2.34 bits per heavy atom. The molecule has 0 radical (unpaired) electrons. The highest BCUT2D eigenvalue weighted by molar-refractivity contribution is 7.92. The molecule has 10 heteroatoms. The van der Waals surface area contributed by atoms with E-state index in [1.165, 1.54) is 4.31 Å². The Bertz CT molecular complexity index is 1120. The minimum atomic E-state index is -3.60. The topological polar surface area (TPSA) is 96.0 Å². The molecule has 0 heterocycles. The molecule has 2 aromatic carbocycles. The summed E-state index contributed by atoms with van der Waals surface area (Å²) in [5.74, 6) is 0.219. The Hall–Kier alpha value is -2.78. The molecule has 2 aromatic rings. The SMILES string of the molecule is CC[C@H](C(=O)NC)N(Cc1ccc(OC)cc1)C(=O)CCCN(c1cc(Cl)ccc1C)S(C)(=O)=O. The smallest absolute Gasteiger partial charge is 0.242 e. The third kappa shape index (κ3) is 7.86. The molecule has 0 aliphatic heterocycles. The summed E-state index contributed by atoms with van der Waals surface area (Å²) in [5.41, 5.74) is 2.10. The first-order chi connectivity index (χ1) is 16.5. The highest BCUT2D eigenvalue weighted by Gasteiger charge is 2.28. The van der Waals surface area contributed by atoms with Gasteiger partial charge in [0.2, 0.25) is 21.8 Å². The molecule has 0 aliphatic carbocycles. The lowest BCUT2D eigenvalue weighted by Gasteiger charge is -2.31. The van der Waals surface area contributed by atoms with Crippen LogP contribution in [-0.4, -0.2) is 58.1 Å². The Morgan fingerprint density at radius 2 is 1.80 bits per heavy atom. The van der Waals surface area contributed by atoms with Crippen molar-refractivity contribution in [3.8, 4) is 5.75 Å². The molecule has 0 saturated heterocycles. The van der Waals surface area contributed by atoms with E-state index in [0.717, 1.165) is 17.4 Å². The number of nitrogens with one attached hydrogen (secondary N) is 1. The van der Waals surface area contributed by atoms with E-state index >= 15 is 0 Å². The van der Waals surface area contributed by atoms with Crippen LogP contribution in [0.4, 0.5) is 5.69 Å². The van der Waals surface area contributed by atoms with E-state index in [9.17, 15) is 18.0 Å². The fourth-order valence-electron chi connectivity index (χ4n) is 3.85. The summed E-state index contributed by atoms with van der Waals surface area (Å²) in [7, 11) is -0.478. The Balaban J connectivity index is 2.22. The maximum absolute atomic E-state index is 13.3. The van der Waals surface area contributed by atoms with E-state index in [-0.39, 0.29) is 37.7 Å². The summed E-state index contributed by atoms with van der Waals surface area (Å²) < 4.78 is 31.5. The van der Waals surface area contributed by atoms with Crippen molar-refractivity contribution in [2.45, 2.75) is 45.7 Å². The van der Waals surface area contributed by atoms with E-state index in [2.05, 4.69) is 5.32 Å². The van der Waals surface area contributed by atoms with E-state index in [1.807, 2.05) is 19.1 Å². The second-order valence-corrected chi connectivity index (χ2v) is 10.6. The number of nitrogens with zero attached hydrogens (tertiary/aromatic N) is 2. The summed E-state index contributed by atoms with van der Waals surface area (Å²) in [5, 5.41) is 3.06. The van der Waals surface area contributed by atoms with Gasteiger partial charge in [-0.25, -0.2) is 8.42 Å². The molecule has 0 aliphatic rings. The normalized spacial score (nSPS) is 12.1. The van der Waals surface area contributed by atoms with Crippen LogP contribution in [0, 0.1) is 6.92 Å². The van der Waals surface area contributed by atoms with E-state index in [0.29, 0.717) is 22.9 Å². The van der Waals surface area contributed by atoms with Gasteiger partial charge in [-0.05, 0) is 55.2 Å². The number of anilines is 1. The lowest BCUT2D eigenvalue weighted by Crippen LogP contribution is -2.48. The van der Waals surface area contributed by atoms with E-state index in [4.69, 9.17) is 16.3 Å². The molecule has 2 amide bonds. The van der Waals surface area contributed by atoms with Crippen LogP contribution in [0.25, 0.3) is 0 Å². The highest BCUT2D eigenvalue weighted by Crippen LogP contribution is 2.27. The zero-order valence-corrected chi connectivity index (χ0v) is 22.4. The van der Waals surface area contributed by atoms with Crippen molar-refractivity contribution in [2.24, 2.45) is 0 Å². The van der Waals surface area contributed by atoms with Crippen molar-refractivity contribution in [1.82, 2.24) is 10.2 Å². The number of amides is 2. The van der Waals surface area contributed by atoms with Crippen LogP contribution in [0.5, 0.6) is 5.75 Å². The highest BCUT2D eigenvalue weighted by atomic mass is 35.5. The van der Waals surface area contributed by atoms with Gasteiger partial charge in [0.05, 0.1) is 19.1 Å². The van der Waals surface area contributed by atoms with Gasteiger partial charge in [0.25, 0.3) is 0 Å². The maximum atomic E-state index is 13.3. The number of aryl methyl sites for hydroxylation is 1. The summed E-state index contributed by atoms with van der Waals surface area (Å²) in [6, 6.07) is 11.7. The first kappa shape index (κ1) is 28.5. The number of likely N-dealkylation sites (N-methyl/N-ethyl adjacent to an activating group) is 1. The predicted octanol–water partition coefficient (Wildman–Crippen LogP) is 3.76. The minimum Gasteiger partial charge on any atom is -0.497 e. The van der Waals surface area contributed by atoms with Gasteiger partial charge in [0, 0.05) is 31.6 Å². The monoisotopic (exact) mass is 523 g/mol. The molecule has 1 N–H and O–H groups in total. The van der Waals surface area contributed by atoms with Crippen LogP contribution in [0.1, 0.15) is 37.3 Å². The van der Waals surface area contributed by atoms with Crippen molar-refractivity contribution < 1.29 is 22.7 Å². The lowest BCUT2D eigenvalue weighted by molar-refractivity contribution is -0.141. The molecule has 2 rings (SSSR count). The predicted molar refractivity (Wildman–Crippen MR) is 139 cm³/mol. The van der Waals surface area contributed by atoms with Gasteiger partial charge >= 0.3 is 0 Å². The third-order valence-electron chi connectivity index (χ3n) is 5.74. The fourth-order valence-corrected chi connectivity index (χ4v) is 5.03. The number of carbonyl (C=O) groups excluding carboxylic acids is 2. The van der Waals surface area contributed by atoms with E-state index < -0.39 is 16.1 Å². The number of hydrogen-bond donors (Lipinski definition) is 1. The number of benzene rings is 2. The molecule has 192 valence electrons. The number of methoxy groups -OCH3 is 1. The van der Waals surface area contributed by atoms with Gasteiger partial charge in [-0.3, -0.25) is 13.9 Å². The van der Waals surface area contributed by atoms with Crippen molar-refractivity contribution in [3.05, 3.63) is 58.6 Å². The molecule has 1 atom stereocenters. The van der Waals surface area contributed by atoms with Crippen LogP contribution in [0.3, 0.4) is 0 Å². The molecule has 0 aromatic heterocycles. The molecule has 0 unspecified atom stereocenters. The average molecular weight is 524 g/mol. The fraction of sp³-hybridized carbons (Fsp3) is 0.440. The molecule has 35 heavy (non-hydrogen) atoms. The number of hydrogen-bond acceptors (Lipinski definition) is 5. The number of carbonyl (C=O) groups is 2. The zero-order chi connectivity index (χ0) is 26.2. The average Bonchev–Trinajstić information content (AvgIpc) is 2.82. The molecule has 0 fully saturated rings. The molecule has 0 saturated carbocycles. The Labute approximate surface area is 213 Å². The van der Waals surface area contributed by atoms with Gasteiger partial charge in [0.15, 0.2) is 0 Å². The van der Waals surface area contributed by atoms with Crippen molar-refractivity contribution in [3.63, 3.8) is 0 Å². The zero-order valence-electron chi connectivity index (χ0n) is 20.9. The largest absolute Gasteiger partial charge is 0.497 e. The van der Waals surface area contributed by atoms with Crippen LogP contribution in [0.15, 0.2) is 42.5 Å². The van der Waals surface area contributed by atoms with Gasteiger partial charge in [-0.1, -0.05) is 36.7 Å². The summed E-state index contributed by atoms with van der Waals surface area (Å²) in [6.45, 7) is 4.01. The van der Waals surface area contributed by atoms with Crippen LogP contribution in [-0.2, 0) is 26.2 Å². The first-order valence-electron chi connectivity index (χ1n) is 11.4. The molecule has 0 bridgehead atoms. The second-order valence-electron chi connectivity index (χ2n) is 8.28. The van der Waals surface area contributed by atoms with E-state index in [1.54, 1.807) is 56.3 Å². The van der Waals surface area contributed by atoms with Gasteiger partial charge in [-0.2, -0.15) is 0 Å². The number of ether oxygens (including phenoxy) is 1. The summed E-state index contributed by atoms with van der Waals surface area (Å²) in [4.78, 5) is 27.4. The minimum absolute atomic E-state index is 0.0787. The maximum Gasteiger partial charge on any atom is 0.242 e. The van der Waals surface area contributed by atoms with Crippen molar-refractivity contribution in [1.29, 1.82) is 0 Å². The standard InChI is InChI=1S/C25H34ClN3O5S/c1-6-22(25(31)27-3)28(17-19-10-13-21(34-4)14-11-19)24(30)8-7-15-29(35(5,32)33)23-16-20(26)12-9-18(23)2/h9-14,16,22H,6-8,15,17H2,1-5H3,(H,27,31)/t22-/m1/s1. The first-order valence-corrected chi connectivity index (χ1v) is 13.6. The van der Waals surface area contributed by atoms with Gasteiger partial charge in [0.1, 0.15) is 11.8 Å². The van der Waals surface area contributed by atoms with Crippen LogP contribution < -0.4 is 14.4 Å². The number of rotatable bonds is 12. The summed E-state index contributed by atoms with van der Waals surface area (Å²) in [6.07, 6.45) is 1.93. The summed E-state index contributed by atoms with van der Waals surface area (Å²) >= 11 is 6.10. The van der Waals surface area contributed by atoms with Crippen LogP contribution in [0.2, 0.25) is 5.02 Å². The Kier molecular flexibility index (Phi) is 10.4. The number of halogens is 1. The van der Waals surface area contributed by atoms with Crippen LogP contribution >= 0.6 is 11.6 Å². The van der Waals surface area contributed by atoms with Gasteiger partial charge < -0.3 is 15.0 Å². The lowest BCUT2D eigenvalue weighted by atomic mass is 10.1. The van der Waals surface area contributed by atoms with Gasteiger partial charge in [-0.15, -0.1) is 0 Å². The Morgan fingerprint density at radius 1 is 1.14 bits per heavy atom. The van der Waals surface area contributed by atoms with Crippen molar-refractivity contribution >= 4 is 39.1 Å².